The molecule has 0 spiro atoms. The molecule has 34 heavy (non-hydrogen) atoms. The van der Waals surface area contributed by atoms with Crippen LogP contribution in [0.2, 0.25) is 0 Å². The van der Waals surface area contributed by atoms with Crippen LogP contribution in [0.15, 0.2) is 48.5 Å². The predicted octanol–water partition coefficient (Wildman–Crippen LogP) is 4.70. The Morgan fingerprint density at radius 3 is 1.41 bits per heavy atom. The number of ether oxygens (including phenoxy) is 4. The SMILES string of the molecule is O=C(OOC(=O)c1ccc(COC2CCCCO2)cc1)c1ccc(COC2CCCCO2)cc1. The fourth-order valence-corrected chi connectivity index (χ4v) is 3.71. The van der Waals surface area contributed by atoms with Crippen LogP contribution in [-0.4, -0.2) is 37.7 Å². The molecule has 0 saturated carbocycles. The normalized spacial score (nSPS) is 20.5. The van der Waals surface area contributed by atoms with Crippen molar-refractivity contribution in [3.63, 3.8) is 0 Å². The first kappa shape index (κ1) is 24.3. The molecule has 2 aliphatic heterocycles. The molecule has 8 heteroatoms. The maximum atomic E-state index is 12.2. The molecule has 0 bridgehead atoms. The highest BCUT2D eigenvalue weighted by Gasteiger charge is 2.17. The second-order valence-electron chi connectivity index (χ2n) is 8.35. The first-order valence-corrected chi connectivity index (χ1v) is 11.7. The number of hydrogen-bond acceptors (Lipinski definition) is 8. The van der Waals surface area contributed by atoms with Crippen LogP contribution in [0.4, 0.5) is 0 Å². The van der Waals surface area contributed by atoms with Crippen LogP contribution in [0.5, 0.6) is 0 Å². The molecule has 182 valence electrons. The monoisotopic (exact) mass is 470 g/mol. The van der Waals surface area contributed by atoms with Gasteiger partial charge in [0.25, 0.3) is 0 Å². The molecule has 0 amide bonds. The van der Waals surface area contributed by atoms with E-state index in [1.165, 1.54) is 0 Å². The van der Waals surface area contributed by atoms with Gasteiger partial charge in [0.1, 0.15) is 0 Å². The molecule has 2 aliphatic rings. The van der Waals surface area contributed by atoms with Gasteiger partial charge >= 0.3 is 11.9 Å². The van der Waals surface area contributed by atoms with Crippen molar-refractivity contribution in [2.45, 2.75) is 64.3 Å². The lowest BCUT2D eigenvalue weighted by Crippen LogP contribution is -2.22. The van der Waals surface area contributed by atoms with E-state index in [0.29, 0.717) is 13.2 Å². The molecule has 2 atom stereocenters. The number of carbonyl (C=O) groups is 2. The summed E-state index contributed by atoms with van der Waals surface area (Å²) < 4.78 is 22.5. The number of benzene rings is 2. The Balaban J connectivity index is 1.18. The fourth-order valence-electron chi connectivity index (χ4n) is 3.71. The number of hydrogen-bond donors (Lipinski definition) is 0. The Morgan fingerprint density at radius 1 is 0.647 bits per heavy atom. The predicted molar refractivity (Wildman–Crippen MR) is 120 cm³/mol. The van der Waals surface area contributed by atoms with Crippen molar-refractivity contribution in [3.8, 4) is 0 Å². The van der Waals surface area contributed by atoms with Gasteiger partial charge in [-0.1, -0.05) is 24.3 Å². The zero-order valence-corrected chi connectivity index (χ0v) is 19.1. The van der Waals surface area contributed by atoms with Crippen LogP contribution in [-0.2, 0) is 41.9 Å². The second kappa shape index (κ2) is 12.6. The average molecular weight is 471 g/mol. The van der Waals surface area contributed by atoms with Gasteiger partial charge in [-0.25, -0.2) is 19.4 Å². The molecule has 4 rings (SSSR count). The third-order valence-electron chi connectivity index (χ3n) is 5.72. The van der Waals surface area contributed by atoms with E-state index < -0.39 is 11.9 Å². The summed E-state index contributed by atoms with van der Waals surface area (Å²) in [4.78, 5) is 33.8. The van der Waals surface area contributed by atoms with Gasteiger partial charge in [0.05, 0.1) is 24.3 Å². The standard InChI is InChI=1S/C26H30O8/c27-25(21-11-7-19(8-12-21)17-31-23-5-1-3-15-29-23)33-34-26(28)22-13-9-20(10-14-22)18-32-24-6-2-4-16-30-24/h7-14,23-24H,1-6,15-18H2. The summed E-state index contributed by atoms with van der Waals surface area (Å²) in [6.45, 7) is 2.23. The van der Waals surface area contributed by atoms with Gasteiger partial charge in [-0.2, -0.15) is 0 Å². The minimum absolute atomic E-state index is 0.176. The van der Waals surface area contributed by atoms with Gasteiger partial charge in [-0.3, -0.25) is 0 Å². The molecule has 8 nitrogen and oxygen atoms in total. The molecule has 0 aromatic heterocycles. The first-order chi connectivity index (χ1) is 16.7. The van der Waals surface area contributed by atoms with Crippen molar-refractivity contribution in [2.24, 2.45) is 0 Å². The molecular formula is C26H30O8. The van der Waals surface area contributed by atoms with Crippen LogP contribution in [0.25, 0.3) is 0 Å². The van der Waals surface area contributed by atoms with Crippen molar-refractivity contribution in [3.05, 3.63) is 70.8 Å². The fraction of sp³-hybridized carbons (Fsp3) is 0.462. The maximum Gasteiger partial charge on any atom is 0.386 e. The minimum atomic E-state index is -0.756. The lowest BCUT2D eigenvalue weighted by molar-refractivity contribution is -0.187. The topological polar surface area (TPSA) is 89.5 Å². The van der Waals surface area contributed by atoms with Gasteiger partial charge in [-0.05, 0) is 73.9 Å². The summed E-state index contributed by atoms with van der Waals surface area (Å²) in [6.07, 6.45) is 5.76. The highest BCUT2D eigenvalue weighted by atomic mass is 17.2. The van der Waals surface area contributed by atoms with Gasteiger partial charge in [0.15, 0.2) is 12.6 Å². The summed E-state index contributed by atoms with van der Waals surface area (Å²) in [7, 11) is 0. The Kier molecular flexibility index (Phi) is 9.04. The molecule has 2 fully saturated rings. The third kappa shape index (κ3) is 7.36. The van der Waals surface area contributed by atoms with Gasteiger partial charge < -0.3 is 18.9 Å². The second-order valence-corrected chi connectivity index (χ2v) is 8.35. The van der Waals surface area contributed by atoms with E-state index in [9.17, 15) is 9.59 Å². The van der Waals surface area contributed by atoms with E-state index in [1.807, 2.05) is 0 Å². The summed E-state index contributed by atoms with van der Waals surface area (Å²) in [5, 5.41) is 0. The minimum Gasteiger partial charge on any atom is -0.353 e. The van der Waals surface area contributed by atoms with E-state index in [-0.39, 0.29) is 23.7 Å². The third-order valence-corrected chi connectivity index (χ3v) is 5.72. The van der Waals surface area contributed by atoms with E-state index in [4.69, 9.17) is 28.7 Å². The molecule has 2 saturated heterocycles. The van der Waals surface area contributed by atoms with Crippen LogP contribution in [0, 0.1) is 0 Å². The molecule has 0 radical (unpaired) electrons. The molecule has 2 heterocycles. The first-order valence-electron chi connectivity index (χ1n) is 11.7. The number of rotatable bonds is 8. The van der Waals surface area contributed by atoms with Crippen LogP contribution in [0.3, 0.4) is 0 Å². The maximum absolute atomic E-state index is 12.2. The van der Waals surface area contributed by atoms with Gasteiger partial charge in [0, 0.05) is 13.2 Å². The molecule has 0 N–H and O–H groups in total. The van der Waals surface area contributed by atoms with Crippen molar-refractivity contribution < 1.29 is 38.3 Å². The van der Waals surface area contributed by atoms with Gasteiger partial charge in [-0.15, -0.1) is 0 Å². The van der Waals surface area contributed by atoms with Crippen molar-refractivity contribution >= 4 is 11.9 Å². The quantitative estimate of drug-likeness (QED) is 0.405. The summed E-state index contributed by atoms with van der Waals surface area (Å²) in [5.41, 5.74) is 2.34. The lowest BCUT2D eigenvalue weighted by atomic mass is 10.1. The lowest BCUT2D eigenvalue weighted by Gasteiger charge is -2.22. The Hall–Kier alpha value is -2.78. The van der Waals surface area contributed by atoms with Crippen molar-refractivity contribution in [1.82, 2.24) is 0 Å². The van der Waals surface area contributed by atoms with E-state index in [2.05, 4.69) is 0 Å². The average Bonchev–Trinajstić information content (AvgIpc) is 2.91. The van der Waals surface area contributed by atoms with E-state index in [1.54, 1.807) is 48.5 Å². The smallest absolute Gasteiger partial charge is 0.353 e. The molecular weight excluding hydrogens is 440 g/mol. The highest BCUT2D eigenvalue weighted by Crippen LogP contribution is 2.17. The molecule has 2 unspecified atom stereocenters. The van der Waals surface area contributed by atoms with Crippen LogP contribution < -0.4 is 0 Å². The molecule has 2 aromatic rings. The Labute approximate surface area is 199 Å². The van der Waals surface area contributed by atoms with Gasteiger partial charge in [0.2, 0.25) is 0 Å². The van der Waals surface area contributed by atoms with Crippen molar-refractivity contribution in [2.75, 3.05) is 13.2 Å². The largest absolute Gasteiger partial charge is 0.386 e. The summed E-state index contributed by atoms with van der Waals surface area (Å²) >= 11 is 0. The highest BCUT2D eigenvalue weighted by molar-refractivity contribution is 5.92. The van der Waals surface area contributed by atoms with E-state index >= 15 is 0 Å². The Bertz CT molecular complexity index is 835. The summed E-state index contributed by atoms with van der Waals surface area (Å²) in [5.74, 6) is -1.51. The van der Waals surface area contributed by atoms with Crippen LogP contribution >= 0.6 is 0 Å². The number of carbonyl (C=O) groups excluding carboxylic acids is 2. The summed E-state index contributed by atoms with van der Waals surface area (Å²) in [6, 6.07) is 13.5. The molecule has 0 aliphatic carbocycles. The molecule has 2 aromatic carbocycles. The van der Waals surface area contributed by atoms with E-state index in [0.717, 1.165) is 62.9 Å². The van der Waals surface area contributed by atoms with Crippen LogP contribution in [0.1, 0.15) is 70.4 Å². The van der Waals surface area contributed by atoms with Crippen molar-refractivity contribution in [1.29, 1.82) is 0 Å². The zero-order chi connectivity index (χ0) is 23.6. The zero-order valence-electron chi connectivity index (χ0n) is 19.1. The Morgan fingerprint density at radius 2 is 1.06 bits per heavy atom.